The highest BCUT2D eigenvalue weighted by Crippen LogP contribution is 2.38. The first kappa shape index (κ1) is 31.9. The number of nitrogens with one attached hydrogen (secondary N) is 2. The molecule has 2 aromatic carbocycles. The molecule has 1 aliphatic heterocycles. The van der Waals surface area contributed by atoms with Gasteiger partial charge in [0.2, 0.25) is 0 Å². The Bertz CT molecular complexity index is 1870. The molecule has 244 valence electrons. The average molecular weight is 664 g/mol. The van der Waals surface area contributed by atoms with Gasteiger partial charge < -0.3 is 26.0 Å². The highest BCUT2D eigenvalue weighted by Gasteiger charge is 2.27. The van der Waals surface area contributed by atoms with E-state index in [-0.39, 0.29) is 56.7 Å². The van der Waals surface area contributed by atoms with E-state index in [9.17, 15) is 18.4 Å². The SMILES string of the molecule is Nc1nn2cccnc2c1C(=O)Nc1cn(C2CCN(CCCNC(=O)c3ccccc3)CC2)nc1-c1cc(Cl)ccc1OC(F)F. The van der Waals surface area contributed by atoms with Gasteiger partial charge >= 0.3 is 6.61 Å². The second-order valence-corrected chi connectivity index (χ2v) is 11.5. The van der Waals surface area contributed by atoms with E-state index in [1.165, 1.54) is 28.9 Å². The number of nitrogen functional groups attached to an aromatic ring is 1. The van der Waals surface area contributed by atoms with Crippen molar-refractivity contribution in [1.29, 1.82) is 0 Å². The summed E-state index contributed by atoms with van der Waals surface area (Å²) in [4.78, 5) is 32.4. The highest BCUT2D eigenvalue weighted by atomic mass is 35.5. The van der Waals surface area contributed by atoms with E-state index in [0.717, 1.165) is 38.9 Å². The Morgan fingerprint density at radius 2 is 1.85 bits per heavy atom. The number of aromatic nitrogens is 5. The molecule has 0 saturated carbocycles. The summed E-state index contributed by atoms with van der Waals surface area (Å²) in [5, 5.41) is 15.0. The van der Waals surface area contributed by atoms with Crippen molar-refractivity contribution in [3.8, 4) is 17.0 Å². The van der Waals surface area contributed by atoms with Crippen molar-refractivity contribution >= 4 is 40.6 Å². The number of alkyl halides is 2. The fourth-order valence-electron chi connectivity index (χ4n) is 5.67. The van der Waals surface area contributed by atoms with Gasteiger partial charge in [-0.15, -0.1) is 5.10 Å². The Hall–Kier alpha value is -5.08. The third-order valence-corrected chi connectivity index (χ3v) is 8.18. The fraction of sp³-hybridized carbons (Fsp3) is 0.281. The molecule has 1 saturated heterocycles. The number of nitrogens with zero attached hydrogens (tertiary/aromatic N) is 6. The van der Waals surface area contributed by atoms with Crippen LogP contribution in [0, 0.1) is 0 Å². The van der Waals surface area contributed by atoms with Crippen LogP contribution in [0.5, 0.6) is 5.75 Å². The van der Waals surface area contributed by atoms with Crippen molar-refractivity contribution in [2.75, 3.05) is 37.2 Å². The molecule has 5 aromatic rings. The number of hydrogen-bond acceptors (Lipinski definition) is 8. The summed E-state index contributed by atoms with van der Waals surface area (Å²) in [5.74, 6) is -0.850. The molecule has 0 radical (unpaired) electrons. The number of hydrogen-bond donors (Lipinski definition) is 3. The van der Waals surface area contributed by atoms with Crippen LogP contribution in [-0.2, 0) is 0 Å². The first-order chi connectivity index (χ1) is 22.8. The number of ether oxygens (including phenoxy) is 1. The average Bonchev–Trinajstić information content (AvgIpc) is 3.64. The summed E-state index contributed by atoms with van der Waals surface area (Å²) in [6.07, 6.45) is 7.12. The summed E-state index contributed by atoms with van der Waals surface area (Å²) in [5.41, 5.74) is 7.67. The van der Waals surface area contributed by atoms with Crippen LogP contribution in [-0.4, -0.2) is 73.9 Å². The first-order valence-corrected chi connectivity index (χ1v) is 15.4. The quantitative estimate of drug-likeness (QED) is 0.165. The summed E-state index contributed by atoms with van der Waals surface area (Å²) in [6.45, 7) is -0.130. The van der Waals surface area contributed by atoms with Crippen LogP contribution in [0.1, 0.15) is 46.0 Å². The predicted molar refractivity (Wildman–Crippen MR) is 173 cm³/mol. The Morgan fingerprint density at radius 1 is 1.06 bits per heavy atom. The molecule has 6 rings (SSSR count). The number of benzene rings is 2. The molecule has 0 spiro atoms. The van der Waals surface area contributed by atoms with Gasteiger partial charge in [0.25, 0.3) is 11.8 Å². The fourth-order valence-corrected chi connectivity index (χ4v) is 5.84. The van der Waals surface area contributed by atoms with Crippen molar-refractivity contribution in [3.05, 3.63) is 89.3 Å². The topological polar surface area (TPSA) is 145 Å². The Morgan fingerprint density at radius 3 is 2.62 bits per heavy atom. The van der Waals surface area contributed by atoms with Crippen LogP contribution in [0.15, 0.2) is 73.2 Å². The minimum absolute atomic E-state index is 0.0216. The molecule has 15 heteroatoms. The van der Waals surface area contributed by atoms with Gasteiger partial charge in [-0.05, 0) is 62.2 Å². The smallest absolute Gasteiger partial charge is 0.387 e. The van der Waals surface area contributed by atoms with E-state index in [2.05, 4.69) is 25.6 Å². The lowest BCUT2D eigenvalue weighted by Crippen LogP contribution is -2.36. The lowest BCUT2D eigenvalue weighted by molar-refractivity contribution is -0.0494. The van der Waals surface area contributed by atoms with E-state index >= 15 is 0 Å². The van der Waals surface area contributed by atoms with Crippen molar-refractivity contribution < 1.29 is 23.1 Å². The molecule has 0 bridgehead atoms. The zero-order chi connectivity index (χ0) is 32.9. The number of amides is 2. The van der Waals surface area contributed by atoms with Gasteiger partial charge in [0, 0.05) is 54.4 Å². The standard InChI is InChI=1S/C32H32ClF2N9O3/c33-21-8-9-25(47-32(34)35)23(18-21)27-24(39-31(46)26-28(36)41-43-15-5-12-37-29(26)43)19-44(40-27)22-10-16-42(17-11-22)14-4-13-38-30(45)20-6-2-1-3-7-20/h1-3,5-9,12,15,18-19,22,32H,4,10-11,13-14,16-17H2,(H2,36,41)(H,38,45)(H,39,46). The van der Waals surface area contributed by atoms with E-state index in [0.29, 0.717) is 12.1 Å². The number of piperidine rings is 1. The number of likely N-dealkylation sites (tertiary alicyclic amines) is 1. The van der Waals surface area contributed by atoms with Gasteiger partial charge in [-0.25, -0.2) is 9.50 Å². The normalized spacial score (nSPS) is 14.0. The van der Waals surface area contributed by atoms with Gasteiger partial charge in [-0.3, -0.25) is 14.3 Å². The van der Waals surface area contributed by atoms with E-state index in [4.69, 9.17) is 27.2 Å². The number of carbonyl (C=O) groups is 2. The molecule has 4 N–H and O–H groups in total. The van der Waals surface area contributed by atoms with Crippen LogP contribution >= 0.6 is 11.6 Å². The van der Waals surface area contributed by atoms with Crippen molar-refractivity contribution in [1.82, 2.24) is 34.6 Å². The van der Waals surface area contributed by atoms with Crippen LogP contribution < -0.4 is 21.1 Å². The van der Waals surface area contributed by atoms with Crippen LogP contribution in [0.4, 0.5) is 20.3 Å². The van der Waals surface area contributed by atoms with Crippen molar-refractivity contribution in [2.24, 2.45) is 0 Å². The lowest BCUT2D eigenvalue weighted by atomic mass is 10.1. The Kier molecular flexibility index (Phi) is 9.59. The van der Waals surface area contributed by atoms with Gasteiger partial charge in [-0.1, -0.05) is 29.8 Å². The number of anilines is 2. The second-order valence-electron chi connectivity index (χ2n) is 11.0. The molecule has 1 aliphatic rings. The molecule has 47 heavy (non-hydrogen) atoms. The van der Waals surface area contributed by atoms with Gasteiger partial charge in [0.15, 0.2) is 11.5 Å². The van der Waals surface area contributed by atoms with Crippen molar-refractivity contribution in [2.45, 2.75) is 31.9 Å². The van der Waals surface area contributed by atoms with Crippen LogP contribution in [0.2, 0.25) is 5.02 Å². The molecule has 0 atom stereocenters. The first-order valence-electron chi connectivity index (χ1n) is 15.1. The minimum Gasteiger partial charge on any atom is -0.434 e. The number of rotatable bonds is 11. The summed E-state index contributed by atoms with van der Waals surface area (Å²) in [7, 11) is 0. The zero-order valence-corrected chi connectivity index (χ0v) is 25.9. The molecule has 12 nitrogen and oxygen atoms in total. The van der Waals surface area contributed by atoms with E-state index in [1.807, 2.05) is 18.2 Å². The molecule has 2 amide bonds. The van der Waals surface area contributed by atoms with Gasteiger partial charge in [0.05, 0.1) is 11.7 Å². The van der Waals surface area contributed by atoms with Crippen LogP contribution in [0.3, 0.4) is 0 Å². The maximum atomic E-state index is 13.6. The van der Waals surface area contributed by atoms with Crippen molar-refractivity contribution in [3.63, 3.8) is 0 Å². The maximum absolute atomic E-state index is 13.6. The second kappa shape index (κ2) is 14.1. The largest absolute Gasteiger partial charge is 0.434 e. The molecule has 1 fully saturated rings. The van der Waals surface area contributed by atoms with E-state index < -0.39 is 12.5 Å². The van der Waals surface area contributed by atoms with Gasteiger partial charge in [-0.2, -0.15) is 13.9 Å². The summed E-state index contributed by atoms with van der Waals surface area (Å²) < 4.78 is 34.6. The Balaban J connectivity index is 1.18. The third kappa shape index (κ3) is 7.34. The molecule has 4 heterocycles. The number of fused-ring (bicyclic) bond motifs is 1. The molecule has 0 unspecified atom stereocenters. The molecular weight excluding hydrogens is 632 g/mol. The van der Waals surface area contributed by atoms with E-state index in [1.54, 1.807) is 35.3 Å². The molecule has 0 aliphatic carbocycles. The maximum Gasteiger partial charge on any atom is 0.387 e. The van der Waals surface area contributed by atoms with Crippen LogP contribution in [0.25, 0.3) is 16.9 Å². The molecule has 3 aromatic heterocycles. The Labute approximate surface area is 273 Å². The molecular formula is C32H32ClF2N9O3. The lowest BCUT2D eigenvalue weighted by Gasteiger charge is -2.32. The summed E-state index contributed by atoms with van der Waals surface area (Å²) in [6, 6.07) is 15.0. The third-order valence-electron chi connectivity index (χ3n) is 7.95. The number of nitrogens with two attached hydrogens (primary N) is 1. The van der Waals surface area contributed by atoms with Gasteiger partial charge in [0.1, 0.15) is 17.0 Å². The monoisotopic (exact) mass is 663 g/mol. The highest BCUT2D eigenvalue weighted by molar-refractivity contribution is 6.31. The number of halogens is 3. The minimum atomic E-state index is -3.09. The number of carbonyl (C=O) groups excluding carboxylic acids is 2. The summed E-state index contributed by atoms with van der Waals surface area (Å²) >= 11 is 6.27. The predicted octanol–water partition coefficient (Wildman–Crippen LogP) is 5.14. The zero-order valence-electron chi connectivity index (χ0n) is 25.2.